The Balaban J connectivity index is -0.000000750. The molecule has 1 rings (SSSR count). The van der Waals surface area contributed by atoms with Gasteiger partial charge in [0.1, 0.15) is 0 Å². The molecule has 0 bridgehead atoms. The molecule has 0 radical (unpaired) electrons. The molecule has 0 saturated heterocycles. The number of sulfonamides is 1. The Kier molecular flexibility index (Phi) is 14.6. The van der Waals surface area contributed by atoms with E-state index in [2.05, 4.69) is 17.4 Å². The summed E-state index contributed by atoms with van der Waals surface area (Å²) in [4.78, 5) is -0.298. The van der Waals surface area contributed by atoms with Gasteiger partial charge in [-0.15, -0.1) is 0 Å². The Hall–Kier alpha value is 1.12. The summed E-state index contributed by atoms with van der Waals surface area (Å²) >= 11 is 5.64. The van der Waals surface area contributed by atoms with Crippen molar-refractivity contribution in [1.29, 1.82) is 0 Å². The van der Waals surface area contributed by atoms with Crippen molar-refractivity contribution in [2.75, 3.05) is 0 Å². The molecule has 0 unspecified atom stereocenters. The van der Waals surface area contributed by atoms with Gasteiger partial charge in [-0.3, -0.25) is 0 Å². The van der Waals surface area contributed by atoms with Crippen LogP contribution in [0.5, 0.6) is 0 Å². The van der Waals surface area contributed by atoms with E-state index in [9.17, 15) is 13.5 Å². The maximum atomic E-state index is 11.5. The number of hydrogen-bond donors (Lipinski definition) is 0. The summed E-state index contributed by atoms with van der Waals surface area (Å²) in [7, 11) is -4.05. The Labute approximate surface area is 158 Å². The van der Waals surface area contributed by atoms with E-state index in [0.29, 0.717) is 0 Å². The minimum absolute atomic E-state index is 0. The summed E-state index contributed by atoms with van der Waals surface area (Å²) in [6, 6.07) is 6.71. The number of hydrogen-bond acceptors (Lipinski definition) is 3. The van der Waals surface area contributed by atoms with E-state index in [4.69, 9.17) is 11.6 Å². The second-order valence-electron chi connectivity index (χ2n) is 2.56. The molecule has 18 heavy (non-hydrogen) atoms. The SMILES string of the molecule is [CH2-]C/C([O-])=N/S(=O)(=O)c1[c-]cccc1Cl.[Li+].[Li+].[Na+]. The first-order valence-electron chi connectivity index (χ1n) is 3.93. The summed E-state index contributed by atoms with van der Waals surface area (Å²) < 4.78 is 26.0. The molecule has 0 N–H and O–H groups in total. The second kappa shape index (κ2) is 10.9. The third kappa shape index (κ3) is 7.05. The zero-order valence-corrected chi connectivity index (χ0v) is 14.2. The summed E-state index contributed by atoms with van der Waals surface area (Å²) in [5.74, 6) is -0.816. The number of halogens is 1. The molecule has 0 fully saturated rings. The molecule has 0 spiro atoms. The van der Waals surface area contributed by atoms with Crippen LogP contribution in [0, 0.1) is 13.0 Å². The van der Waals surface area contributed by atoms with Gasteiger partial charge in [-0.2, -0.15) is 46.7 Å². The van der Waals surface area contributed by atoms with Crippen molar-refractivity contribution >= 4 is 27.5 Å². The van der Waals surface area contributed by atoms with Crippen molar-refractivity contribution in [1.82, 2.24) is 0 Å². The van der Waals surface area contributed by atoms with Crippen molar-refractivity contribution in [2.45, 2.75) is 11.3 Å². The van der Waals surface area contributed by atoms with Gasteiger partial charge >= 0.3 is 67.3 Å². The number of rotatable bonds is 3. The fourth-order valence-electron chi connectivity index (χ4n) is 0.824. The number of nitrogens with zero attached hydrogens (tertiary/aromatic N) is 1. The third-order valence-electron chi connectivity index (χ3n) is 1.46. The van der Waals surface area contributed by atoms with Gasteiger partial charge in [0, 0.05) is 0 Å². The van der Waals surface area contributed by atoms with Crippen molar-refractivity contribution < 1.29 is 80.8 Å². The first kappa shape index (κ1) is 24.2. The van der Waals surface area contributed by atoms with E-state index in [0.717, 1.165) is 0 Å². The minimum Gasteiger partial charge on any atom is -0.863 e. The van der Waals surface area contributed by atoms with E-state index in [-0.39, 0.29) is 83.6 Å². The van der Waals surface area contributed by atoms with E-state index in [1.54, 1.807) is 0 Å². The van der Waals surface area contributed by atoms with E-state index in [1.807, 2.05) is 0 Å². The Morgan fingerprint density at radius 3 is 2.50 bits per heavy atom. The van der Waals surface area contributed by atoms with E-state index in [1.165, 1.54) is 18.2 Å². The largest absolute Gasteiger partial charge is 1.00 e. The third-order valence-corrected chi connectivity index (χ3v) is 3.19. The molecule has 9 heteroatoms. The number of benzene rings is 1. The molecule has 0 aliphatic rings. The molecular formula is C9H7ClLi2NNaO3S. The van der Waals surface area contributed by atoms with Gasteiger partial charge in [0.05, 0.1) is 0 Å². The normalized spacial score (nSPS) is 10.7. The van der Waals surface area contributed by atoms with Gasteiger partial charge in [0.15, 0.2) is 0 Å². The standard InChI is InChI=1S/C9H8ClNO3S.2Li.Na/c1-2-9(12)11-15(13,14)8-6-4-3-5-7(8)10;;;/h3-5H,1-2H2,(H,11,12);;;/q-2;3*+1/p-1. The molecule has 1 aromatic rings. The van der Waals surface area contributed by atoms with Crippen LogP contribution in [-0.2, 0) is 10.0 Å². The molecule has 82 valence electrons. The van der Waals surface area contributed by atoms with Gasteiger partial charge in [0.25, 0.3) is 10.0 Å². The summed E-state index contributed by atoms with van der Waals surface area (Å²) in [6.45, 7) is 3.23. The Morgan fingerprint density at radius 2 is 2.06 bits per heavy atom. The van der Waals surface area contributed by atoms with Gasteiger partial charge in [-0.1, -0.05) is 10.9 Å². The van der Waals surface area contributed by atoms with Crippen molar-refractivity contribution in [3.05, 3.63) is 36.2 Å². The van der Waals surface area contributed by atoms with Crippen molar-refractivity contribution in [2.24, 2.45) is 4.40 Å². The zero-order chi connectivity index (χ0) is 11.5. The molecule has 0 saturated carbocycles. The molecule has 4 nitrogen and oxygen atoms in total. The predicted octanol–water partition coefficient (Wildman–Crippen LogP) is -8.18. The Bertz CT molecular complexity index is 496. The van der Waals surface area contributed by atoms with Crippen LogP contribution in [-0.4, -0.2) is 14.3 Å². The van der Waals surface area contributed by atoms with Gasteiger partial charge < -0.3 is 12.0 Å². The van der Waals surface area contributed by atoms with Crippen LogP contribution in [0.15, 0.2) is 27.5 Å². The maximum absolute atomic E-state index is 11.5. The quantitative estimate of drug-likeness (QED) is 0.239. The van der Waals surface area contributed by atoms with Crippen LogP contribution < -0.4 is 72.4 Å². The van der Waals surface area contributed by atoms with Gasteiger partial charge in [-0.05, 0) is 4.90 Å². The molecular weight excluding hydrogens is 274 g/mol. The molecule has 0 aliphatic carbocycles. The van der Waals surface area contributed by atoms with Crippen LogP contribution in [0.1, 0.15) is 6.42 Å². The van der Waals surface area contributed by atoms with Crippen LogP contribution in [0.2, 0.25) is 5.02 Å². The monoisotopic (exact) mass is 281 g/mol. The predicted molar refractivity (Wildman–Crippen MR) is 54.9 cm³/mol. The summed E-state index contributed by atoms with van der Waals surface area (Å²) in [5, 5.41) is 10.8. The summed E-state index contributed by atoms with van der Waals surface area (Å²) in [6.07, 6.45) is -0.219. The Morgan fingerprint density at radius 1 is 1.50 bits per heavy atom. The minimum atomic E-state index is -4.05. The average Bonchev–Trinajstić information content (AvgIpc) is 2.17. The van der Waals surface area contributed by atoms with Gasteiger partial charge in [-0.25, -0.2) is 8.42 Å². The van der Waals surface area contributed by atoms with Crippen molar-refractivity contribution in [3.63, 3.8) is 0 Å². The molecule has 0 aromatic heterocycles. The smallest absolute Gasteiger partial charge is 0.863 e. The fraction of sp³-hybridized carbons (Fsp3) is 0.111. The molecule has 0 heterocycles. The maximum Gasteiger partial charge on any atom is 1.00 e. The first-order chi connectivity index (χ1) is 6.97. The molecule has 1 aromatic carbocycles. The van der Waals surface area contributed by atoms with Crippen LogP contribution in [0.4, 0.5) is 0 Å². The first-order valence-corrected chi connectivity index (χ1v) is 5.75. The van der Waals surface area contributed by atoms with E-state index < -0.39 is 15.9 Å². The second-order valence-corrected chi connectivity index (χ2v) is 4.51. The topological polar surface area (TPSA) is 69.6 Å². The fourth-order valence-corrected chi connectivity index (χ4v) is 2.23. The molecule has 0 amide bonds. The van der Waals surface area contributed by atoms with Crippen LogP contribution >= 0.6 is 11.6 Å². The van der Waals surface area contributed by atoms with Crippen LogP contribution in [0.25, 0.3) is 0 Å². The van der Waals surface area contributed by atoms with E-state index >= 15 is 0 Å². The molecule has 0 aliphatic heterocycles. The summed E-state index contributed by atoms with van der Waals surface area (Å²) in [5.41, 5.74) is 0. The average molecular weight is 282 g/mol. The van der Waals surface area contributed by atoms with Crippen LogP contribution in [0.3, 0.4) is 0 Å². The van der Waals surface area contributed by atoms with Gasteiger partial charge in [0.2, 0.25) is 0 Å². The molecule has 0 atom stereocenters. The zero-order valence-electron chi connectivity index (χ0n) is 10.6. The van der Waals surface area contributed by atoms with Crippen molar-refractivity contribution in [3.8, 4) is 0 Å².